The molecule has 2 aromatic rings. The molecule has 0 fully saturated rings. The minimum Gasteiger partial charge on any atom is -0.467 e. The first-order chi connectivity index (χ1) is 12.0. The summed E-state index contributed by atoms with van der Waals surface area (Å²) in [5, 5.41) is 12.1. The van der Waals surface area contributed by atoms with Gasteiger partial charge in [0.1, 0.15) is 0 Å². The van der Waals surface area contributed by atoms with Crippen LogP contribution in [-0.4, -0.2) is 41.2 Å². The number of ether oxygens (including phenoxy) is 1. The van der Waals surface area contributed by atoms with E-state index in [1.807, 2.05) is 24.3 Å². The van der Waals surface area contributed by atoms with E-state index < -0.39 is 24.0 Å². The summed E-state index contributed by atoms with van der Waals surface area (Å²) in [7, 11) is 1.20. The fourth-order valence-corrected chi connectivity index (χ4v) is 2.14. The van der Waals surface area contributed by atoms with Gasteiger partial charge in [-0.1, -0.05) is 24.3 Å². The van der Waals surface area contributed by atoms with Crippen LogP contribution in [0.3, 0.4) is 0 Å². The number of nitrogens with one attached hydrogen (secondary N) is 1. The predicted molar refractivity (Wildman–Crippen MR) is 94.6 cm³/mol. The maximum absolute atomic E-state index is 12.2. The number of methoxy groups -OCH3 is 1. The molecule has 2 atom stereocenters. The van der Waals surface area contributed by atoms with E-state index in [-0.39, 0.29) is 0 Å². The van der Waals surface area contributed by atoms with E-state index in [9.17, 15) is 14.7 Å². The van der Waals surface area contributed by atoms with E-state index in [1.54, 1.807) is 36.7 Å². The summed E-state index contributed by atoms with van der Waals surface area (Å²) in [6, 6.07) is 9.56. The Kier molecular flexibility index (Phi) is 6.42. The van der Waals surface area contributed by atoms with E-state index in [2.05, 4.69) is 15.0 Å². The molecule has 0 bridgehead atoms. The third-order valence-electron chi connectivity index (χ3n) is 3.57. The smallest absolute Gasteiger partial charge is 0.331 e. The van der Waals surface area contributed by atoms with Gasteiger partial charge in [-0.25, -0.2) is 4.79 Å². The van der Waals surface area contributed by atoms with Crippen molar-refractivity contribution < 1.29 is 19.4 Å². The number of aromatic nitrogens is 1. The summed E-state index contributed by atoms with van der Waals surface area (Å²) < 4.78 is 4.58. The Hall–Kier alpha value is -2.99. The van der Waals surface area contributed by atoms with Crippen LogP contribution in [0, 0.1) is 0 Å². The molecule has 25 heavy (non-hydrogen) atoms. The molecule has 1 aromatic carbocycles. The highest BCUT2D eigenvalue weighted by Crippen LogP contribution is 2.10. The highest BCUT2D eigenvalue weighted by atomic mass is 16.5. The molecule has 0 unspecified atom stereocenters. The lowest BCUT2D eigenvalue weighted by Crippen LogP contribution is -2.48. The first kappa shape index (κ1) is 18.4. The van der Waals surface area contributed by atoms with Crippen molar-refractivity contribution in [2.75, 3.05) is 7.11 Å². The molecule has 0 saturated heterocycles. The largest absolute Gasteiger partial charge is 0.467 e. The Labute approximate surface area is 146 Å². The van der Waals surface area contributed by atoms with Crippen LogP contribution in [0.5, 0.6) is 0 Å². The number of hydrogen-bond acceptors (Lipinski definition) is 5. The highest BCUT2D eigenvalue weighted by molar-refractivity contribution is 5.97. The second-order valence-electron chi connectivity index (χ2n) is 5.45. The van der Waals surface area contributed by atoms with Crippen LogP contribution < -0.4 is 5.32 Å². The van der Waals surface area contributed by atoms with Crippen LogP contribution in [-0.2, 0) is 9.53 Å². The highest BCUT2D eigenvalue weighted by Gasteiger charge is 2.26. The average Bonchev–Trinajstić information content (AvgIpc) is 2.64. The SMILES string of the molecule is COC(=O)[C@@H](NC(=O)c1ccc(/C=C/c2ccncc2)cc1)[C@@H](C)O. The monoisotopic (exact) mass is 340 g/mol. The molecular weight excluding hydrogens is 320 g/mol. The van der Waals surface area contributed by atoms with Crippen molar-refractivity contribution in [2.24, 2.45) is 0 Å². The molecule has 2 N–H and O–H groups in total. The normalized spacial score (nSPS) is 13.2. The summed E-state index contributed by atoms with van der Waals surface area (Å²) >= 11 is 0. The van der Waals surface area contributed by atoms with E-state index in [0.717, 1.165) is 11.1 Å². The second-order valence-corrected chi connectivity index (χ2v) is 5.45. The van der Waals surface area contributed by atoms with Crippen LogP contribution in [0.25, 0.3) is 12.2 Å². The number of rotatable bonds is 6. The number of pyridine rings is 1. The van der Waals surface area contributed by atoms with Crippen molar-refractivity contribution in [3.8, 4) is 0 Å². The van der Waals surface area contributed by atoms with E-state index in [0.29, 0.717) is 5.56 Å². The van der Waals surface area contributed by atoms with Gasteiger partial charge in [-0.05, 0) is 42.3 Å². The van der Waals surface area contributed by atoms with Crippen molar-refractivity contribution >= 4 is 24.0 Å². The van der Waals surface area contributed by atoms with Gasteiger partial charge in [-0.15, -0.1) is 0 Å². The second kappa shape index (κ2) is 8.75. The molecule has 1 amide bonds. The summed E-state index contributed by atoms with van der Waals surface area (Å²) in [5.74, 6) is -1.15. The number of benzene rings is 1. The molecule has 1 heterocycles. The minimum absolute atomic E-state index is 0.385. The number of aliphatic hydroxyl groups is 1. The van der Waals surface area contributed by atoms with Crippen molar-refractivity contribution in [2.45, 2.75) is 19.1 Å². The van der Waals surface area contributed by atoms with Crippen molar-refractivity contribution in [3.63, 3.8) is 0 Å². The molecule has 0 saturated carbocycles. The third-order valence-corrected chi connectivity index (χ3v) is 3.57. The Bertz CT molecular complexity index is 740. The lowest BCUT2D eigenvalue weighted by molar-refractivity contribution is -0.145. The van der Waals surface area contributed by atoms with Gasteiger partial charge in [-0.2, -0.15) is 0 Å². The van der Waals surface area contributed by atoms with Crippen LogP contribution in [0.15, 0.2) is 48.8 Å². The predicted octanol–water partition coefficient (Wildman–Crippen LogP) is 1.90. The molecule has 0 aliphatic heterocycles. The van der Waals surface area contributed by atoms with Gasteiger partial charge < -0.3 is 15.2 Å². The Morgan fingerprint density at radius 2 is 1.64 bits per heavy atom. The Morgan fingerprint density at radius 1 is 1.08 bits per heavy atom. The van der Waals surface area contributed by atoms with E-state index >= 15 is 0 Å². The molecule has 130 valence electrons. The number of amides is 1. The van der Waals surface area contributed by atoms with Gasteiger partial charge in [0, 0.05) is 18.0 Å². The maximum Gasteiger partial charge on any atom is 0.331 e. The fourth-order valence-electron chi connectivity index (χ4n) is 2.14. The van der Waals surface area contributed by atoms with Gasteiger partial charge in [0.2, 0.25) is 0 Å². The Balaban J connectivity index is 2.04. The van der Waals surface area contributed by atoms with Gasteiger partial charge in [0.25, 0.3) is 5.91 Å². The third kappa shape index (κ3) is 5.26. The number of esters is 1. The molecule has 0 aliphatic rings. The zero-order chi connectivity index (χ0) is 18.2. The Morgan fingerprint density at radius 3 is 2.16 bits per heavy atom. The molecule has 6 heteroatoms. The van der Waals surface area contributed by atoms with Crippen LogP contribution in [0.4, 0.5) is 0 Å². The van der Waals surface area contributed by atoms with Crippen LogP contribution in [0.2, 0.25) is 0 Å². The summed E-state index contributed by atoms with van der Waals surface area (Å²) in [6.45, 7) is 1.41. The number of aliphatic hydroxyl groups excluding tert-OH is 1. The van der Waals surface area contributed by atoms with Crippen molar-refractivity contribution in [3.05, 3.63) is 65.5 Å². The van der Waals surface area contributed by atoms with Crippen molar-refractivity contribution in [1.82, 2.24) is 10.3 Å². The molecule has 2 rings (SSSR count). The minimum atomic E-state index is -1.11. The lowest BCUT2D eigenvalue weighted by Gasteiger charge is -2.18. The molecule has 6 nitrogen and oxygen atoms in total. The van der Waals surface area contributed by atoms with Crippen LogP contribution in [0.1, 0.15) is 28.4 Å². The summed E-state index contributed by atoms with van der Waals surface area (Å²) in [4.78, 5) is 27.8. The quantitative estimate of drug-likeness (QED) is 0.784. The fraction of sp³-hybridized carbons (Fsp3) is 0.211. The van der Waals surface area contributed by atoms with Gasteiger partial charge >= 0.3 is 5.97 Å². The average molecular weight is 340 g/mol. The van der Waals surface area contributed by atoms with E-state index in [4.69, 9.17) is 0 Å². The summed E-state index contributed by atoms with van der Waals surface area (Å²) in [5.41, 5.74) is 2.33. The first-order valence-electron chi connectivity index (χ1n) is 7.76. The number of carbonyl (C=O) groups excluding carboxylic acids is 2. The van der Waals surface area contributed by atoms with Crippen molar-refractivity contribution in [1.29, 1.82) is 0 Å². The van der Waals surface area contributed by atoms with Crippen LogP contribution >= 0.6 is 0 Å². The van der Waals surface area contributed by atoms with Gasteiger partial charge in [0.15, 0.2) is 6.04 Å². The van der Waals surface area contributed by atoms with Gasteiger partial charge in [0.05, 0.1) is 13.2 Å². The molecule has 1 aromatic heterocycles. The maximum atomic E-state index is 12.2. The number of hydrogen-bond donors (Lipinski definition) is 2. The number of carbonyl (C=O) groups is 2. The lowest BCUT2D eigenvalue weighted by atomic mass is 10.1. The molecule has 0 radical (unpaired) electrons. The molecule has 0 aliphatic carbocycles. The molecule has 0 spiro atoms. The topological polar surface area (TPSA) is 88.5 Å². The summed E-state index contributed by atoms with van der Waals surface area (Å²) in [6.07, 6.45) is 6.24. The zero-order valence-electron chi connectivity index (χ0n) is 14.0. The first-order valence-corrected chi connectivity index (χ1v) is 7.76. The van der Waals surface area contributed by atoms with Gasteiger partial charge in [-0.3, -0.25) is 9.78 Å². The number of nitrogens with zero attached hydrogens (tertiary/aromatic N) is 1. The molecular formula is C19H20N2O4. The zero-order valence-corrected chi connectivity index (χ0v) is 14.0. The van der Waals surface area contributed by atoms with E-state index in [1.165, 1.54) is 14.0 Å². The standard InChI is InChI=1S/C19H20N2O4/c1-13(22)17(19(24)25-2)21-18(23)16-7-5-14(6-8-16)3-4-15-9-11-20-12-10-15/h3-13,17,22H,1-2H3,(H,21,23)/b4-3+/t13-,17+/m1/s1.